The number of aryl methyl sites for hydroxylation is 1. The minimum Gasteiger partial charge on any atom is -0.361 e. The van der Waals surface area contributed by atoms with E-state index in [0.717, 1.165) is 26.2 Å². The molecule has 2 rings (SSSR count). The van der Waals surface area contributed by atoms with Crippen LogP contribution in [0, 0.1) is 6.92 Å². The fraction of sp³-hybridized carbons (Fsp3) is 0.556. The molecule has 0 bridgehead atoms. The fourth-order valence-corrected chi connectivity index (χ4v) is 2.54. The zero-order valence-electron chi connectivity index (χ0n) is 7.75. The zero-order chi connectivity index (χ0) is 8.39. The number of hydrogen-bond donors (Lipinski definition) is 1. The van der Waals surface area contributed by atoms with Crippen LogP contribution in [0.2, 0.25) is 0 Å². The third-order valence-corrected chi connectivity index (χ3v) is 3.31. The van der Waals surface area contributed by atoms with Gasteiger partial charge in [-0.2, -0.15) is 0 Å². The highest BCUT2D eigenvalue weighted by Gasteiger charge is 2.12. The van der Waals surface area contributed by atoms with Crippen molar-refractivity contribution in [3.63, 3.8) is 0 Å². The largest absolute Gasteiger partial charge is 0.361 e. The SMILES string of the molecule is Cc1ccsc1N1CCNCC1.Cl. The van der Waals surface area contributed by atoms with Gasteiger partial charge in [-0.25, -0.2) is 0 Å². The van der Waals surface area contributed by atoms with E-state index in [4.69, 9.17) is 0 Å². The average Bonchev–Trinajstić information content (AvgIpc) is 2.53. The predicted octanol–water partition coefficient (Wildman–Crippen LogP) is 1.89. The summed E-state index contributed by atoms with van der Waals surface area (Å²) < 4.78 is 0. The molecule has 1 saturated heterocycles. The van der Waals surface area contributed by atoms with Crippen LogP contribution in [0.3, 0.4) is 0 Å². The summed E-state index contributed by atoms with van der Waals surface area (Å²) in [5, 5.41) is 6.99. The van der Waals surface area contributed by atoms with Crippen LogP contribution in [0.15, 0.2) is 11.4 Å². The lowest BCUT2D eigenvalue weighted by Gasteiger charge is -2.28. The maximum atomic E-state index is 3.36. The highest BCUT2D eigenvalue weighted by molar-refractivity contribution is 7.14. The van der Waals surface area contributed by atoms with E-state index in [1.807, 2.05) is 11.3 Å². The van der Waals surface area contributed by atoms with Crippen molar-refractivity contribution < 1.29 is 0 Å². The Morgan fingerprint density at radius 3 is 2.62 bits per heavy atom. The highest BCUT2D eigenvalue weighted by atomic mass is 35.5. The molecule has 1 aliphatic rings. The molecule has 0 saturated carbocycles. The van der Waals surface area contributed by atoms with Gasteiger partial charge in [-0.15, -0.1) is 23.7 Å². The lowest BCUT2D eigenvalue weighted by Crippen LogP contribution is -2.43. The minimum atomic E-state index is 0. The molecule has 0 spiro atoms. The first-order valence-electron chi connectivity index (χ1n) is 4.38. The second-order valence-electron chi connectivity index (χ2n) is 3.15. The van der Waals surface area contributed by atoms with Crippen molar-refractivity contribution in [1.82, 2.24) is 5.32 Å². The van der Waals surface area contributed by atoms with Gasteiger partial charge in [0, 0.05) is 26.2 Å². The van der Waals surface area contributed by atoms with E-state index in [2.05, 4.69) is 28.6 Å². The number of hydrogen-bond acceptors (Lipinski definition) is 3. The Hall–Kier alpha value is -0.250. The predicted molar refractivity (Wildman–Crippen MR) is 61.4 cm³/mol. The first-order valence-corrected chi connectivity index (χ1v) is 5.25. The zero-order valence-corrected chi connectivity index (χ0v) is 9.38. The van der Waals surface area contributed by atoms with Gasteiger partial charge in [-0.05, 0) is 23.9 Å². The molecule has 74 valence electrons. The van der Waals surface area contributed by atoms with E-state index in [1.165, 1.54) is 10.6 Å². The molecule has 1 N–H and O–H groups in total. The second kappa shape index (κ2) is 4.84. The quantitative estimate of drug-likeness (QED) is 0.775. The van der Waals surface area contributed by atoms with E-state index >= 15 is 0 Å². The molecule has 2 nitrogen and oxygen atoms in total. The monoisotopic (exact) mass is 218 g/mol. The first kappa shape index (κ1) is 10.8. The van der Waals surface area contributed by atoms with Crippen LogP contribution in [-0.2, 0) is 0 Å². The third-order valence-electron chi connectivity index (χ3n) is 2.24. The molecule has 13 heavy (non-hydrogen) atoms. The summed E-state index contributed by atoms with van der Waals surface area (Å²) in [6, 6.07) is 2.20. The average molecular weight is 219 g/mol. The Morgan fingerprint density at radius 1 is 1.38 bits per heavy atom. The Kier molecular flexibility index (Phi) is 4.03. The van der Waals surface area contributed by atoms with Gasteiger partial charge >= 0.3 is 0 Å². The number of anilines is 1. The summed E-state index contributed by atoms with van der Waals surface area (Å²) in [6.45, 7) is 6.74. The standard InChI is InChI=1S/C9H14N2S.ClH/c1-8-2-7-12-9(8)11-5-3-10-4-6-11;/h2,7,10H,3-6H2,1H3;1H. The van der Waals surface area contributed by atoms with Gasteiger partial charge in [0.05, 0.1) is 5.00 Å². The van der Waals surface area contributed by atoms with Crippen LogP contribution in [0.5, 0.6) is 0 Å². The van der Waals surface area contributed by atoms with Gasteiger partial charge in [-0.3, -0.25) is 0 Å². The van der Waals surface area contributed by atoms with Crippen LogP contribution in [-0.4, -0.2) is 26.2 Å². The van der Waals surface area contributed by atoms with Crippen molar-refractivity contribution in [2.75, 3.05) is 31.1 Å². The maximum absolute atomic E-state index is 3.36. The molecule has 0 aromatic carbocycles. The van der Waals surface area contributed by atoms with E-state index in [-0.39, 0.29) is 12.4 Å². The summed E-state index contributed by atoms with van der Waals surface area (Å²) in [4.78, 5) is 2.47. The second-order valence-corrected chi connectivity index (χ2v) is 4.04. The van der Waals surface area contributed by atoms with Crippen molar-refractivity contribution in [3.8, 4) is 0 Å². The van der Waals surface area contributed by atoms with Crippen molar-refractivity contribution in [2.24, 2.45) is 0 Å². The van der Waals surface area contributed by atoms with Crippen molar-refractivity contribution in [2.45, 2.75) is 6.92 Å². The molecule has 0 aliphatic carbocycles. The van der Waals surface area contributed by atoms with Crippen molar-refractivity contribution >= 4 is 28.7 Å². The molecule has 1 aromatic rings. The molecule has 1 fully saturated rings. The summed E-state index contributed by atoms with van der Waals surface area (Å²) >= 11 is 1.85. The molecule has 4 heteroatoms. The van der Waals surface area contributed by atoms with Gasteiger partial charge in [-0.1, -0.05) is 0 Å². The van der Waals surface area contributed by atoms with Gasteiger partial charge in [0.25, 0.3) is 0 Å². The number of thiophene rings is 1. The Balaban J connectivity index is 0.000000845. The molecule has 1 aromatic heterocycles. The molecule has 0 atom stereocenters. The lowest BCUT2D eigenvalue weighted by atomic mass is 10.3. The van der Waals surface area contributed by atoms with Gasteiger partial charge < -0.3 is 10.2 Å². The molecule has 2 heterocycles. The molecule has 0 radical (unpaired) electrons. The molecule has 0 unspecified atom stereocenters. The van der Waals surface area contributed by atoms with E-state index in [1.54, 1.807) is 0 Å². The summed E-state index contributed by atoms with van der Waals surface area (Å²) in [5.41, 5.74) is 1.42. The lowest BCUT2D eigenvalue weighted by molar-refractivity contribution is 0.591. The Morgan fingerprint density at radius 2 is 2.08 bits per heavy atom. The number of rotatable bonds is 1. The first-order chi connectivity index (χ1) is 5.88. The summed E-state index contributed by atoms with van der Waals surface area (Å²) in [6.07, 6.45) is 0. The smallest absolute Gasteiger partial charge is 0.0939 e. The molecule has 0 amide bonds. The fourth-order valence-electron chi connectivity index (χ4n) is 1.56. The minimum absolute atomic E-state index is 0. The number of halogens is 1. The maximum Gasteiger partial charge on any atom is 0.0939 e. The van der Waals surface area contributed by atoms with Crippen LogP contribution < -0.4 is 10.2 Å². The summed E-state index contributed by atoms with van der Waals surface area (Å²) in [7, 11) is 0. The number of nitrogens with zero attached hydrogens (tertiary/aromatic N) is 1. The topological polar surface area (TPSA) is 15.3 Å². The normalized spacial score (nSPS) is 16.8. The van der Waals surface area contributed by atoms with Crippen molar-refractivity contribution in [3.05, 3.63) is 17.0 Å². The van der Waals surface area contributed by atoms with Crippen LogP contribution in [0.1, 0.15) is 5.56 Å². The van der Waals surface area contributed by atoms with Gasteiger partial charge in [0.15, 0.2) is 0 Å². The Bertz CT molecular complexity index is 256. The molecule has 1 aliphatic heterocycles. The van der Waals surface area contributed by atoms with Gasteiger partial charge in [0.2, 0.25) is 0 Å². The van der Waals surface area contributed by atoms with Gasteiger partial charge in [0.1, 0.15) is 0 Å². The van der Waals surface area contributed by atoms with Crippen molar-refractivity contribution in [1.29, 1.82) is 0 Å². The van der Waals surface area contributed by atoms with E-state index < -0.39 is 0 Å². The van der Waals surface area contributed by atoms with Crippen LogP contribution in [0.4, 0.5) is 5.00 Å². The highest BCUT2D eigenvalue weighted by Crippen LogP contribution is 2.26. The van der Waals surface area contributed by atoms with E-state index in [0.29, 0.717) is 0 Å². The van der Waals surface area contributed by atoms with Crippen LogP contribution in [0.25, 0.3) is 0 Å². The molecular formula is C9H15ClN2S. The molecular weight excluding hydrogens is 204 g/mol. The Labute approximate surface area is 89.4 Å². The van der Waals surface area contributed by atoms with Crippen LogP contribution >= 0.6 is 23.7 Å². The third kappa shape index (κ3) is 2.36. The number of nitrogens with one attached hydrogen (secondary N) is 1. The summed E-state index contributed by atoms with van der Waals surface area (Å²) in [5.74, 6) is 0. The number of piperazine rings is 1. The van der Waals surface area contributed by atoms with E-state index in [9.17, 15) is 0 Å².